The van der Waals surface area contributed by atoms with E-state index in [2.05, 4.69) is 66.7 Å². The van der Waals surface area contributed by atoms with Gasteiger partial charge in [-0.05, 0) is 60.7 Å². The average molecular weight is 514 g/mol. The van der Waals surface area contributed by atoms with Crippen LogP contribution in [-0.2, 0) is 0 Å². The van der Waals surface area contributed by atoms with Crippen LogP contribution in [0.15, 0.2) is 78.9 Å². The Labute approximate surface area is 152 Å². The number of hydrogen-bond donors (Lipinski definition) is 0. The lowest BCUT2D eigenvalue weighted by Crippen LogP contribution is -3.62. The number of halogens is 2. The largest absolute Gasteiger partial charge is 0.497 e. The summed E-state index contributed by atoms with van der Waals surface area (Å²) in [5.74, 6) is 0.927. The van der Waals surface area contributed by atoms with Crippen LogP contribution in [0, 0.1) is 14.3 Å². The molecule has 0 aromatic heterocycles. The maximum Gasteiger partial charge on any atom is 0.357 e. The second-order valence-corrected chi connectivity index (χ2v) is 10.6. The van der Waals surface area contributed by atoms with Crippen LogP contribution >= 0.6 is 0 Å². The Morgan fingerprint density at radius 1 is 0.545 bits per heavy atom. The quantitative estimate of drug-likeness (QED) is 0.357. The second-order valence-electron chi connectivity index (χ2n) is 4.58. The Morgan fingerprint density at radius 2 is 0.955 bits per heavy atom. The molecule has 1 nitrogen and oxygen atoms in total. The first-order chi connectivity index (χ1) is 10.8. The Bertz CT molecular complexity index is 707. The Balaban J connectivity index is 1.66. The van der Waals surface area contributed by atoms with Gasteiger partial charge in [0.15, 0.2) is 14.3 Å². The summed E-state index contributed by atoms with van der Waals surface area (Å²) in [6, 6.07) is 28.4. The van der Waals surface area contributed by atoms with Gasteiger partial charge in [0.1, 0.15) is 5.75 Å². The van der Waals surface area contributed by atoms with Crippen molar-refractivity contribution in [1.29, 1.82) is 0 Å². The van der Waals surface area contributed by atoms with E-state index in [1.807, 2.05) is 12.1 Å². The fraction of sp³-hybridized carbons (Fsp3) is 0.0526. The third-order valence-corrected chi connectivity index (χ3v) is 8.39. The van der Waals surface area contributed by atoms with Crippen molar-refractivity contribution in [3.05, 3.63) is 93.1 Å². The first-order valence-electron chi connectivity index (χ1n) is 6.92. The van der Waals surface area contributed by atoms with Crippen molar-refractivity contribution < 1.29 is 47.1 Å². The van der Waals surface area contributed by atoms with E-state index >= 15 is 0 Å². The van der Waals surface area contributed by atoms with Gasteiger partial charge in [0.25, 0.3) is 0 Å². The van der Waals surface area contributed by atoms with Crippen molar-refractivity contribution in [2.45, 2.75) is 0 Å². The Hall–Kier alpha value is -1.08. The van der Waals surface area contributed by atoms with Crippen molar-refractivity contribution in [2.75, 3.05) is 7.11 Å². The number of methoxy groups -OCH3 is 1. The summed E-state index contributed by atoms with van der Waals surface area (Å²) in [6.45, 7) is 0. The zero-order chi connectivity index (χ0) is 15.2. The molecule has 0 atom stereocenters. The van der Waals surface area contributed by atoms with Crippen molar-refractivity contribution >= 4 is 0 Å². The van der Waals surface area contributed by atoms with Gasteiger partial charge in [0, 0.05) is 0 Å². The van der Waals surface area contributed by atoms with Gasteiger partial charge in [-0.3, -0.25) is 0 Å². The second kappa shape index (κ2) is 7.97. The van der Waals surface area contributed by atoms with Crippen molar-refractivity contribution in [1.82, 2.24) is 0 Å². The molecule has 110 valence electrons. The van der Waals surface area contributed by atoms with Gasteiger partial charge in [-0.1, -0.05) is 18.2 Å². The molecule has 0 bridgehead atoms. The first kappa shape index (κ1) is 15.8. The van der Waals surface area contributed by atoms with Crippen LogP contribution in [0.3, 0.4) is 0 Å². The molecule has 0 N–H and O–H groups in total. The predicted molar refractivity (Wildman–Crippen MR) is 80.7 cm³/mol. The third-order valence-electron chi connectivity index (χ3n) is 3.02. The molecule has 3 heteroatoms. The molecular formula is C19H16I2O+2. The molecule has 0 fully saturated rings. The van der Waals surface area contributed by atoms with Crippen LogP contribution in [-0.4, -0.2) is 7.11 Å². The fourth-order valence-electron chi connectivity index (χ4n) is 1.92. The van der Waals surface area contributed by atoms with Crippen molar-refractivity contribution in [3.8, 4) is 5.75 Å². The number of ether oxygens (including phenoxy) is 1. The molecule has 0 unspecified atom stereocenters. The Kier molecular flexibility index (Phi) is 5.72. The van der Waals surface area contributed by atoms with E-state index in [-0.39, 0.29) is 42.4 Å². The number of benzene rings is 3. The zero-order valence-electron chi connectivity index (χ0n) is 12.2. The van der Waals surface area contributed by atoms with Gasteiger partial charge in [-0.15, -0.1) is 0 Å². The van der Waals surface area contributed by atoms with Crippen molar-refractivity contribution in [3.63, 3.8) is 0 Å². The molecule has 0 spiro atoms. The van der Waals surface area contributed by atoms with Gasteiger partial charge < -0.3 is 4.74 Å². The van der Waals surface area contributed by atoms with Crippen LogP contribution < -0.4 is 47.1 Å². The molecular weight excluding hydrogens is 498 g/mol. The molecule has 3 aromatic rings. The summed E-state index contributed by atoms with van der Waals surface area (Å²) in [4.78, 5) is 0. The molecule has 0 saturated heterocycles. The summed E-state index contributed by atoms with van der Waals surface area (Å²) >= 11 is -0.162. The highest BCUT2D eigenvalue weighted by Crippen LogP contribution is 2.06. The lowest BCUT2D eigenvalue weighted by molar-refractivity contribution is -0.603. The lowest BCUT2D eigenvalue weighted by Gasteiger charge is -1.95. The van der Waals surface area contributed by atoms with E-state index in [4.69, 9.17) is 4.74 Å². The smallest absolute Gasteiger partial charge is 0.357 e. The lowest BCUT2D eigenvalue weighted by atomic mass is 10.3. The number of hydrogen-bond acceptors (Lipinski definition) is 1. The van der Waals surface area contributed by atoms with E-state index in [9.17, 15) is 0 Å². The minimum atomic E-state index is -0.106. The van der Waals surface area contributed by atoms with Crippen LogP contribution in [0.1, 0.15) is 0 Å². The van der Waals surface area contributed by atoms with E-state index in [1.165, 1.54) is 14.3 Å². The molecule has 0 amide bonds. The standard InChI is InChI=1S/C19H16I2O/c1-22-19-13-11-18(12-14-19)21-17-9-7-16(8-10-17)20-15-5-3-2-4-6-15/h2-14H,1H3/q+2. The number of rotatable bonds is 5. The normalized spacial score (nSPS) is 10.4. The van der Waals surface area contributed by atoms with Gasteiger partial charge in [0.2, 0.25) is 0 Å². The van der Waals surface area contributed by atoms with Crippen LogP contribution in [0.2, 0.25) is 0 Å². The highest BCUT2D eigenvalue weighted by molar-refractivity contribution is 5.20. The van der Waals surface area contributed by atoms with Crippen LogP contribution in [0.25, 0.3) is 0 Å². The summed E-state index contributed by atoms with van der Waals surface area (Å²) in [7, 11) is 1.71. The van der Waals surface area contributed by atoms with Gasteiger partial charge in [0.05, 0.1) is 7.11 Å². The monoisotopic (exact) mass is 514 g/mol. The molecule has 3 rings (SSSR count). The zero-order valence-corrected chi connectivity index (χ0v) is 16.5. The maximum atomic E-state index is 5.21. The predicted octanol–water partition coefficient (Wildman–Crippen LogP) is -2.05. The average Bonchev–Trinajstić information content (AvgIpc) is 2.58. The highest BCUT2D eigenvalue weighted by atomic mass is 127. The topological polar surface area (TPSA) is 9.23 Å². The van der Waals surface area contributed by atoms with Crippen LogP contribution in [0.5, 0.6) is 5.75 Å². The molecule has 3 aromatic carbocycles. The highest BCUT2D eigenvalue weighted by Gasteiger charge is 2.19. The molecule has 0 aliphatic rings. The minimum absolute atomic E-state index is 0.0557. The summed E-state index contributed by atoms with van der Waals surface area (Å²) in [6.07, 6.45) is 0. The minimum Gasteiger partial charge on any atom is -0.497 e. The third kappa shape index (κ3) is 4.46. The summed E-state index contributed by atoms with van der Waals surface area (Å²) in [5, 5.41) is 0. The first-order valence-corrected chi connectivity index (χ1v) is 11.2. The van der Waals surface area contributed by atoms with Gasteiger partial charge >= 0.3 is 42.4 Å². The van der Waals surface area contributed by atoms with E-state index in [0.29, 0.717) is 0 Å². The SMILES string of the molecule is COc1ccc([I+]c2ccc([I+]c3ccccc3)cc2)cc1. The van der Waals surface area contributed by atoms with Crippen molar-refractivity contribution in [2.24, 2.45) is 0 Å². The fourth-order valence-corrected chi connectivity index (χ4v) is 6.29. The van der Waals surface area contributed by atoms with E-state index in [1.54, 1.807) is 7.11 Å². The van der Waals surface area contributed by atoms with E-state index < -0.39 is 0 Å². The van der Waals surface area contributed by atoms with Gasteiger partial charge in [-0.25, -0.2) is 0 Å². The maximum absolute atomic E-state index is 5.21. The molecule has 0 radical (unpaired) electrons. The molecule has 0 saturated carbocycles. The van der Waals surface area contributed by atoms with E-state index in [0.717, 1.165) is 5.75 Å². The Morgan fingerprint density at radius 3 is 1.41 bits per heavy atom. The summed E-state index contributed by atoms with van der Waals surface area (Å²) < 4.78 is 11.0. The van der Waals surface area contributed by atoms with Gasteiger partial charge in [-0.2, -0.15) is 0 Å². The molecule has 22 heavy (non-hydrogen) atoms. The summed E-state index contributed by atoms with van der Waals surface area (Å²) in [5.41, 5.74) is 0. The molecule has 0 aliphatic carbocycles. The molecule has 0 aliphatic heterocycles. The van der Waals surface area contributed by atoms with Crippen LogP contribution in [0.4, 0.5) is 0 Å². The molecule has 0 heterocycles.